The number of hydrogen-bond acceptors (Lipinski definition) is 2. The first kappa shape index (κ1) is 13.0. The van der Waals surface area contributed by atoms with E-state index in [0.717, 1.165) is 19.8 Å². The number of unbranched alkanes of at least 4 members (excludes halogenated alkanes) is 7. The molecule has 0 radical (unpaired) electrons. The van der Waals surface area contributed by atoms with Crippen molar-refractivity contribution in [3.63, 3.8) is 0 Å². The highest BCUT2D eigenvalue weighted by atomic mass is 16.6. The average Bonchev–Trinajstić information content (AvgIpc) is 3.05. The molecule has 0 bridgehead atoms. The van der Waals surface area contributed by atoms with Crippen molar-refractivity contribution >= 4 is 0 Å². The highest BCUT2D eigenvalue weighted by molar-refractivity contribution is 4.66. The summed E-state index contributed by atoms with van der Waals surface area (Å²) in [6, 6.07) is 0. The lowest BCUT2D eigenvalue weighted by Crippen LogP contribution is -2.02. The summed E-state index contributed by atoms with van der Waals surface area (Å²) in [5.74, 6) is 0. The van der Waals surface area contributed by atoms with Gasteiger partial charge >= 0.3 is 0 Å². The van der Waals surface area contributed by atoms with Gasteiger partial charge in [0.25, 0.3) is 0 Å². The van der Waals surface area contributed by atoms with Crippen molar-refractivity contribution in [1.29, 1.82) is 0 Å². The van der Waals surface area contributed by atoms with E-state index < -0.39 is 0 Å². The van der Waals surface area contributed by atoms with Gasteiger partial charge in [-0.1, -0.05) is 51.9 Å². The Labute approximate surface area is 94.3 Å². The fraction of sp³-hybridized carbons (Fsp3) is 1.00. The molecule has 0 aromatic heterocycles. The maximum absolute atomic E-state index is 5.48. The van der Waals surface area contributed by atoms with Crippen LogP contribution in [0.4, 0.5) is 0 Å². The minimum atomic E-state index is 0.430. The summed E-state index contributed by atoms with van der Waals surface area (Å²) in [5, 5.41) is 0. The van der Waals surface area contributed by atoms with Crippen LogP contribution < -0.4 is 0 Å². The van der Waals surface area contributed by atoms with Gasteiger partial charge in [-0.3, -0.25) is 0 Å². The Balaban J connectivity index is 1.62. The second-order valence-electron chi connectivity index (χ2n) is 4.51. The molecule has 0 aliphatic carbocycles. The van der Waals surface area contributed by atoms with E-state index in [1.54, 1.807) is 0 Å². The zero-order chi connectivity index (χ0) is 10.8. The van der Waals surface area contributed by atoms with Gasteiger partial charge in [-0.05, 0) is 6.42 Å². The Hall–Kier alpha value is -0.0800. The minimum absolute atomic E-state index is 0.430. The first-order chi connectivity index (χ1) is 7.43. The molecule has 1 aliphatic rings. The number of ether oxygens (including phenoxy) is 2. The van der Waals surface area contributed by atoms with Gasteiger partial charge in [0.1, 0.15) is 6.10 Å². The maximum Gasteiger partial charge on any atom is 0.104 e. The quantitative estimate of drug-likeness (QED) is 0.387. The van der Waals surface area contributed by atoms with E-state index in [2.05, 4.69) is 6.92 Å². The fourth-order valence-corrected chi connectivity index (χ4v) is 1.72. The summed E-state index contributed by atoms with van der Waals surface area (Å²) in [5.41, 5.74) is 0. The van der Waals surface area contributed by atoms with E-state index in [-0.39, 0.29) is 0 Å². The number of epoxide rings is 1. The molecular weight excluding hydrogens is 188 g/mol. The molecule has 15 heavy (non-hydrogen) atoms. The molecule has 1 heterocycles. The Morgan fingerprint density at radius 3 is 2.20 bits per heavy atom. The largest absolute Gasteiger partial charge is 0.379 e. The molecule has 2 heteroatoms. The third-order valence-corrected chi connectivity index (χ3v) is 2.85. The second-order valence-corrected chi connectivity index (χ2v) is 4.51. The van der Waals surface area contributed by atoms with Crippen LogP contribution in [0.25, 0.3) is 0 Å². The van der Waals surface area contributed by atoms with Crippen molar-refractivity contribution < 1.29 is 9.47 Å². The topological polar surface area (TPSA) is 21.8 Å². The van der Waals surface area contributed by atoms with Gasteiger partial charge in [-0.15, -0.1) is 0 Å². The Bertz CT molecular complexity index is 132. The van der Waals surface area contributed by atoms with Crippen molar-refractivity contribution in [2.75, 3.05) is 19.8 Å². The summed E-state index contributed by atoms with van der Waals surface area (Å²) < 4.78 is 10.5. The summed E-state index contributed by atoms with van der Waals surface area (Å²) in [6.07, 6.45) is 11.4. The molecule has 90 valence electrons. The Kier molecular flexibility index (Phi) is 7.94. The minimum Gasteiger partial charge on any atom is -0.379 e. The van der Waals surface area contributed by atoms with Crippen molar-refractivity contribution in [1.82, 2.24) is 0 Å². The zero-order valence-electron chi connectivity index (χ0n) is 10.2. The van der Waals surface area contributed by atoms with E-state index >= 15 is 0 Å². The summed E-state index contributed by atoms with van der Waals surface area (Å²) >= 11 is 0. The van der Waals surface area contributed by atoms with Crippen molar-refractivity contribution in [2.45, 2.75) is 64.4 Å². The van der Waals surface area contributed by atoms with Crippen LogP contribution in [0.2, 0.25) is 0 Å². The van der Waals surface area contributed by atoms with Gasteiger partial charge in [-0.2, -0.15) is 0 Å². The van der Waals surface area contributed by atoms with Crippen LogP contribution in [0.1, 0.15) is 58.3 Å². The lowest BCUT2D eigenvalue weighted by molar-refractivity contribution is 0.113. The Morgan fingerprint density at radius 1 is 1.00 bits per heavy atom. The van der Waals surface area contributed by atoms with Crippen LogP contribution in [0.15, 0.2) is 0 Å². The first-order valence-electron chi connectivity index (χ1n) is 6.63. The van der Waals surface area contributed by atoms with Gasteiger partial charge in [0.05, 0.1) is 13.2 Å². The van der Waals surface area contributed by atoms with E-state index in [0.29, 0.717) is 6.10 Å². The molecule has 0 spiro atoms. The van der Waals surface area contributed by atoms with Crippen LogP contribution in [-0.2, 0) is 9.47 Å². The molecule has 0 saturated carbocycles. The standard InChI is InChI=1S/C13H26O2/c1-2-3-4-5-6-7-8-9-10-14-11-13-12-15-13/h13H,2-12H2,1H3/t13-/m0/s1. The van der Waals surface area contributed by atoms with E-state index in [1.165, 1.54) is 51.4 Å². The molecule has 0 unspecified atom stereocenters. The first-order valence-corrected chi connectivity index (χ1v) is 6.63. The monoisotopic (exact) mass is 214 g/mol. The normalized spacial score (nSPS) is 19.4. The van der Waals surface area contributed by atoms with Crippen molar-refractivity contribution in [3.8, 4) is 0 Å². The Morgan fingerprint density at radius 2 is 1.60 bits per heavy atom. The molecule has 0 amide bonds. The summed E-state index contributed by atoms with van der Waals surface area (Å²) in [6.45, 7) is 4.92. The third-order valence-electron chi connectivity index (χ3n) is 2.85. The van der Waals surface area contributed by atoms with E-state index in [4.69, 9.17) is 9.47 Å². The molecule has 0 aromatic rings. The lowest BCUT2D eigenvalue weighted by atomic mass is 10.1. The van der Waals surface area contributed by atoms with E-state index in [9.17, 15) is 0 Å². The zero-order valence-corrected chi connectivity index (χ0v) is 10.2. The lowest BCUT2D eigenvalue weighted by Gasteiger charge is -2.02. The average molecular weight is 214 g/mol. The van der Waals surface area contributed by atoms with Gasteiger partial charge in [-0.25, -0.2) is 0 Å². The fourth-order valence-electron chi connectivity index (χ4n) is 1.72. The molecular formula is C13H26O2. The van der Waals surface area contributed by atoms with Crippen molar-refractivity contribution in [3.05, 3.63) is 0 Å². The number of rotatable bonds is 11. The molecule has 1 rings (SSSR count). The molecule has 0 N–H and O–H groups in total. The molecule has 2 nitrogen and oxygen atoms in total. The highest BCUT2D eigenvalue weighted by Crippen LogP contribution is 2.10. The SMILES string of the molecule is CCCCCCCCCCOC[C@H]1CO1. The maximum atomic E-state index is 5.48. The molecule has 1 saturated heterocycles. The van der Waals surface area contributed by atoms with Crippen molar-refractivity contribution in [2.24, 2.45) is 0 Å². The van der Waals surface area contributed by atoms with Crippen LogP contribution in [0.3, 0.4) is 0 Å². The van der Waals surface area contributed by atoms with E-state index in [1.807, 2.05) is 0 Å². The summed E-state index contributed by atoms with van der Waals surface area (Å²) in [7, 11) is 0. The van der Waals surface area contributed by atoms with Crippen LogP contribution in [-0.4, -0.2) is 25.9 Å². The molecule has 1 aliphatic heterocycles. The van der Waals surface area contributed by atoms with Gasteiger partial charge in [0, 0.05) is 6.61 Å². The number of hydrogen-bond donors (Lipinski definition) is 0. The van der Waals surface area contributed by atoms with Crippen LogP contribution in [0, 0.1) is 0 Å². The van der Waals surface area contributed by atoms with Crippen LogP contribution >= 0.6 is 0 Å². The molecule has 1 fully saturated rings. The second kappa shape index (κ2) is 9.17. The summed E-state index contributed by atoms with van der Waals surface area (Å²) in [4.78, 5) is 0. The predicted octanol–water partition coefficient (Wildman–Crippen LogP) is 3.54. The van der Waals surface area contributed by atoms with Crippen LogP contribution in [0.5, 0.6) is 0 Å². The predicted molar refractivity (Wildman–Crippen MR) is 63.2 cm³/mol. The third kappa shape index (κ3) is 8.88. The highest BCUT2D eigenvalue weighted by Gasteiger charge is 2.21. The molecule has 1 atom stereocenters. The molecule has 0 aromatic carbocycles. The van der Waals surface area contributed by atoms with Gasteiger partial charge < -0.3 is 9.47 Å². The van der Waals surface area contributed by atoms with Gasteiger partial charge in [0.15, 0.2) is 0 Å². The smallest absolute Gasteiger partial charge is 0.104 e. The van der Waals surface area contributed by atoms with Gasteiger partial charge in [0.2, 0.25) is 0 Å².